The molecule has 0 aromatic heterocycles. The molecule has 2 amide bonds. The van der Waals surface area contributed by atoms with Crippen LogP contribution in [0.4, 0.5) is 0 Å². The monoisotopic (exact) mass is 488 g/mol. The van der Waals surface area contributed by atoms with Crippen LogP contribution in [0, 0.1) is 17.8 Å². The molecular formula is C27H40N2O6. The number of aliphatic hydroxyl groups excluding tert-OH is 1. The maximum Gasteiger partial charge on any atom is 0.312 e. The zero-order valence-electron chi connectivity index (χ0n) is 21.2. The minimum Gasteiger partial charge on any atom is -0.465 e. The number of likely N-dealkylation sites (tertiary alicyclic amines) is 1. The number of rotatable bonds is 7. The second-order valence-electron chi connectivity index (χ2n) is 10.6. The highest BCUT2D eigenvalue weighted by Gasteiger charge is 2.72. The van der Waals surface area contributed by atoms with E-state index in [-0.39, 0.29) is 24.3 Å². The quantitative estimate of drug-likeness (QED) is 0.336. The van der Waals surface area contributed by atoms with Crippen LogP contribution in [0.15, 0.2) is 24.3 Å². The summed E-state index contributed by atoms with van der Waals surface area (Å²) in [6.45, 7) is 7.03. The first-order valence-corrected chi connectivity index (χ1v) is 13.3. The fourth-order valence-corrected chi connectivity index (χ4v) is 6.13. The Morgan fingerprint density at radius 2 is 1.94 bits per heavy atom. The largest absolute Gasteiger partial charge is 0.465 e. The number of unbranched alkanes of at least 4 members (excludes halogenated alkanes) is 2. The number of esters is 1. The van der Waals surface area contributed by atoms with Gasteiger partial charge in [0, 0.05) is 13.1 Å². The lowest BCUT2D eigenvalue weighted by Gasteiger charge is -2.39. The summed E-state index contributed by atoms with van der Waals surface area (Å²) in [6.07, 6.45) is 12.4. The maximum atomic E-state index is 14.1. The second-order valence-corrected chi connectivity index (χ2v) is 10.6. The Balaban J connectivity index is 1.80. The van der Waals surface area contributed by atoms with Gasteiger partial charge in [0.05, 0.1) is 31.3 Å². The number of cyclic esters (lactones) is 1. The SMILES string of the molecule is CCCCCN1CC=C[C@]23O[C@@H]4/C=C\CCCCOC(=O)[C@@H]4[C@H]2C(=O)N([C@@H](CO)C(C)C)C3C1=O. The predicted octanol–water partition coefficient (Wildman–Crippen LogP) is 2.46. The van der Waals surface area contributed by atoms with Gasteiger partial charge >= 0.3 is 5.97 Å². The summed E-state index contributed by atoms with van der Waals surface area (Å²) < 4.78 is 12.2. The highest BCUT2D eigenvalue weighted by Crippen LogP contribution is 2.54. The third kappa shape index (κ3) is 4.55. The second kappa shape index (κ2) is 10.8. The van der Waals surface area contributed by atoms with Crippen LogP contribution >= 0.6 is 0 Å². The number of aliphatic hydroxyl groups is 1. The molecule has 0 saturated carbocycles. The van der Waals surface area contributed by atoms with E-state index in [0.29, 0.717) is 19.7 Å². The average Bonchev–Trinajstić information content (AvgIpc) is 3.21. The van der Waals surface area contributed by atoms with Crippen LogP contribution in [0.3, 0.4) is 0 Å². The molecule has 8 nitrogen and oxygen atoms in total. The molecule has 2 saturated heterocycles. The van der Waals surface area contributed by atoms with Gasteiger partial charge in [0.15, 0.2) is 0 Å². The van der Waals surface area contributed by atoms with E-state index in [9.17, 15) is 19.5 Å². The van der Waals surface area contributed by atoms with Gasteiger partial charge in [-0.05, 0) is 31.6 Å². The van der Waals surface area contributed by atoms with Crippen molar-refractivity contribution in [3.05, 3.63) is 24.3 Å². The van der Waals surface area contributed by atoms with Crippen molar-refractivity contribution in [2.45, 2.75) is 83.1 Å². The van der Waals surface area contributed by atoms with Crippen LogP contribution in [0.1, 0.15) is 59.3 Å². The van der Waals surface area contributed by atoms with E-state index in [0.717, 1.165) is 38.5 Å². The van der Waals surface area contributed by atoms with E-state index >= 15 is 0 Å². The maximum absolute atomic E-state index is 14.1. The Morgan fingerprint density at radius 3 is 2.66 bits per heavy atom. The molecule has 4 aliphatic heterocycles. The topological polar surface area (TPSA) is 96.4 Å². The lowest BCUT2D eigenvalue weighted by Crippen LogP contribution is -2.59. The van der Waals surface area contributed by atoms with E-state index in [1.165, 1.54) is 4.90 Å². The molecule has 0 aromatic carbocycles. The number of carbonyl (C=O) groups is 3. The van der Waals surface area contributed by atoms with E-state index in [2.05, 4.69) is 6.92 Å². The number of fused-ring (bicyclic) bond motifs is 2. The first-order chi connectivity index (χ1) is 16.9. The van der Waals surface area contributed by atoms with Crippen molar-refractivity contribution < 1.29 is 29.0 Å². The van der Waals surface area contributed by atoms with Crippen molar-refractivity contribution in [3.63, 3.8) is 0 Å². The van der Waals surface area contributed by atoms with Crippen LogP contribution in [0.25, 0.3) is 0 Å². The fourth-order valence-electron chi connectivity index (χ4n) is 6.13. The van der Waals surface area contributed by atoms with Crippen molar-refractivity contribution in [2.75, 3.05) is 26.3 Å². The zero-order chi connectivity index (χ0) is 25.2. The number of ether oxygens (including phenoxy) is 2. The van der Waals surface area contributed by atoms with Crippen LogP contribution in [-0.4, -0.2) is 82.8 Å². The highest BCUT2D eigenvalue weighted by molar-refractivity contribution is 5.99. The molecule has 8 heteroatoms. The Morgan fingerprint density at radius 1 is 1.14 bits per heavy atom. The smallest absolute Gasteiger partial charge is 0.312 e. The molecule has 194 valence electrons. The molecule has 6 atom stereocenters. The first-order valence-electron chi connectivity index (χ1n) is 13.3. The minimum atomic E-state index is -1.28. The van der Waals surface area contributed by atoms with E-state index in [4.69, 9.17) is 9.47 Å². The summed E-state index contributed by atoms with van der Waals surface area (Å²) in [6, 6.07) is -1.49. The van der Waals surface area contributed by atoms with E-state index in [1.54, 1.807) is 4.90 Å². The molecule has 1 N–H and O–H groups in total. The predicted molar refractivity (Wildman–Crippen MR) is 130 cm³/mol. The van der Waals surface area contributed by atoms with Gasteiger partial charge in [-0.3, -0.25) is 14.4 Å². The molecule has 4 heterocycles. The van der Waals surface area contributed by atoms with Crippen molar-refractivity contribution >= 4 is 17.8 Å². The normalized spacial score (nSPS) is 34.8. The summed E-state index contributed by atoms with van der Waals surface area (Å²) in [5.41, 5.74) is -1.28. The van der Waals surface area contributed by atoms with E-state index in [1.807, 2.05) is 38.2 Å². The van der Waals surface area contributed by atoms with Crippen LogP contribution in [0.5, 0.6) is 0 Å². The number of allylic oxidation sites excluding steroid dienone is 1. The van der Waals surface area contributed by atoms with Gasteiger partial charge < -0.3 is 24.4 Å². The van der Waals surface area contributed by atoms with Gasteiger partial charge in [-0.2, -0.15) is 0 Å². The molecule has 0 aliphatic carbocycles. The third-order valence-corrected chi connectivity index (χ3v) is 7.97. The van der Waals surface area contributed by atoms with Gasteiger partial charge in [0.25, 0.3) is 0 Å². The number of nitrogens with zero attached hydrogens (tertiary/aromatic N) is 2. The summed E-state index contributed by atoms with van der Waals surface area (Å²) >= 11 is 0. The van der Waals surface area contributed by atoms with Gasteiger partial charge in [-0.15, -0.1) is 0 Å². The lowest BCUT2D eigenvalue weighted by atomic mass is 9.78. The third-order valence-electron chi connectivity index (χ3n) is 7.97. The molecule has 1 spiro atoms. The number of amides is 2. The highest BCUT2D eigenvalue weighted by atomic mass is 16.6. The molecule has 2 fully saturated rings. The first kappa shape index (κ1) is 25.9. The van der Waals surface area contributed by atoms with Crippen LogP contribution in [0.2, 0.25) is 0 Å². The minimum absolute atomic E-state index is 0.0832. The van der Waals surface area contributed by atoms with Crippen molar-refractivity contribution in [2.24, 2.45) is 17.8 Å². The number of hydrogen-bond donors (Lipinski definition) is 1. The van der Waals surface area contributed by atoms with Crippen LogP contribution < -0.4 is 0 Å². The fraction of sp³-hybridized carbons (Fsp3) is 0.741. The molecule has 0 bridgehead atoms. The summed E-state index contributed by atoms with van der Waals surface area (Å²) in [7, 11) is 0. The Bertz CT molecular complexity index is 870. The molecule has 1 unspecified atom stereocenters. The van der Waals surface area contributed by atoms with Gasteiger partial charge in [0.1, 0.15) is 17.6 Å². The van der Waals surface area contributed by atoms with Crippen molar-refractivity contribution in [3.8, 4) is 0 Å². The van der Waals surface area contributed by atoms with Gasteiger partial charge in [0.2, 0.25) is 11.8 Å². The van der Waals surface area contributed by atoms with Gasteiger partial charge in [-0.1, -0.05) is 57.9 Å². The molecular weight excluding hydrogens is 448 g/mol. The Hall–Kier alpha value is -2.19. The molecule has 0 aromatic rings. The molecule has 4 aliphatic rings. The summed E-state index contributed by atoms with van der Waals surface area (Å²) in [5, 5.41) is 10.3. The Kier molecular flexibility index (Phi) is 8.01. The molecule has 4 rings (SSSR count). The summed E-state index contributed by atoms with van der Waals surface area (Å²) in [4.78, 5) is 44.8. The average molecular weight is 489 g/mol. The zero-order valence-corrected chi connectivity index (χ0v) is 21.2. The van der Waals surface area contributed by atoms with E-state index < -0.39 is 41.6 Å². The standard InChI is InChI=1S/C27H40N2O6/c1-4-5-9-14-28-15-11-13-27-22(21-20(35-27)12-8-6-7-10-16-34-26(21)33)24(31)29(23(27)25(28)32)19(17-30)18(2)3/h8,11-13,18-23,30H,4-7,9-10,14-17H2,1-3H3/b12-8-/t19-,20+,21-,22-,23?,27-/m0/s1. The van der Waals surface area contributed by atoms with Crippen molar-refractivity contribution in [1.29, 1.82) is 0 Å². The molecule has 35 heavy (non-hydrogen) atoms. The lowest BCUT2D eigenvalue weighted by molar-refractivity contribution is -0.157. The number of hydrogen-bond acceptors (Lipinski definition) is 6. The molecule has 0 radical (unpaired) electrons. The summed E-state index contributed by atoms with van der Waals surface area (Å²) in [5.74, 6) is -2.74. The Labute approximate surface area is 208 Å². The van der Waals surface area contributed by atoms with Crippen molar-refractivity contribution in [1.82, 2.24) is 9.80 Å². The van der Waals surface area contributed by atoms with Gasteiger partial charge in [-0.25, -0.2) is 0 Å². The number of carbonyl (C=O) groups excluding carboxylic acids is 3. The van der Waals surface area contributed by atoms with Crippen LogP contribution in [-0.2, 0) is 23.9 Å².